The number of hydrogen-bond donors (Lipinski definition) is 1. The number of anilines is 1. The van der Waals surface area contributed by atoms with Crippen molar-refractivity contribution in [3.05, 3.63) is 15.4 Å². The second kappa shape index (κ2) is 5.81. The van der Waals surface area contributed by atoms with E-state index in [1.54, 1.807) is 0 Å². The van der Waals surface area contributed by atoms with E-state index in [-0.39, 0.29) is 5.82 Å². The van der Waals surface area contributed by atoms with Crippen molar-refractivity contribution in [1.29, 1.82) is 0 Å². The van der Waals surface area contributed by atoms with Crippen molar-refractivity contribution in [2.75, 3.05) is 17.8 Å². The van der Waals surface area contributed by atoms with Crippen LogP contribution in [0, 0.1) is 0 Å². The maximum absolute atomic E-state index is 12.1. The molecule has 18 heavy (non-hydrogen) atoms. The summed E-state index contributed by atoms with van der Waals surface area (Å²) in [6.07, 6.45) is 4.31. The van der Waals surface area contributed by atoms with Crippen molar-refractivity contribution in [2.45, 2.75) is 19.3 Å². The zero-order chi connectivity index (χ0) is 13.2. The van der Waals surface area contributed by atoms with Crippen LogP contribution in [0.4, 0.5) is 5.82 Å². The minimum Gasteiger partial charge on any atom is -0.252 e. The van der Waals surface area contributed by atoms with Crippen molar-refractivity contribution in [2.24, 2.45) is 0 Å². The Morgan fingerprint density at radius 3 is 2.50 bits per heavy atom. The number of nitrogens with one attached hydrogen (secondary N) is 1. The third-order valence-corrected chi connectivity index (χ3v) is 5.01. The van der Waals surface area contributed by atoms with E-state index in [1.165, 1.54) is 10.5 Å². The van der Waals surface area contributed by atoms with Gasteiger partial charge in [-0.25, -0.2) is 9.97 Å². The lowest BCUT2D eigenvalue weighted by molar-refractivity contribution is 0.349. The standard InChI is InChI=1S/C9H12Br2N4O2S/c10-7-6-12-9(8(11)13-7)14-18(16,17)15-4-2-1-3-5-15/h6H,1-5H2,(H,12,14). The first kappa shape index (κ1) is 14.2. The molecule has 0 saturated carbocycles. The molecular formula is C9H12Br2N4O2S. The highest BCUT2D eigenvalue weighted by atomic mass is 79.9. The topological polar surface area (TPSA) is 75.2 Å². The fourth-order valence-electron chi connectivity index (χ4n) is 1.71. The fraction of sp³-hybridized carbons (Fsp3) is 0.556. The van der Waals surface area contributed by atoms with Gasteiger partial charge in [-0.3, -0.25) is 4.72 Å². The van der Waals surface area contributed by atoms with Crippen molar-refractivity contribution in [3.63, 3.8) is 0 Å². The van der Waals surface area contributed by atoms with Gasteiger partial charge in [0.25, 0.3) is 0 Å². The maximum atomic E-state index is 12.1. The molecule has 2 rings (SSSR count). The van der Waals surface area contributed by atoms with Crippen LogP contribution < -0.4 is 4.72 Å². The normalized spacial score (nSPS) is 17.7. The molecular weight excluding hydrogens is 388 g/mol. The molecule has 1 saturated heterocycles. The molecule has 1 aromatic heterocycles. The first-order valence-corrected chi connectivity index (χ1v) is 8.47. The second-order valence-electron chi connectivity index (χ2n) is 3.90. The summed E-state index contributed by atoms with van der Waals surface area (Å²) < 4.78 is 29.0. The van der Waals surface area contributed by atoms with E-state index in [0.717, 1.165) is 19.3 Å². The van der Waals surface area contributed by atoms with Gasteiger partial charge in [0.15, 0.2) is 10.4 Å². The molecule has 1 aliphatic rings. The average Bonchev–Trinajstić information content (AvgIpc) is 2.34. The number of nitrogens with zero attached hydrogens (tertiary/aromatic N) is 3. The van der Waals surface area contributed by atoms with E-state index in [2.05, 4.69) is 46.5 Å². The van der Waals surface area contributed by atoms with Gasteiger partial charge in [-0.05, 0) is 44.7 Å². The Morgan fingerprint density at radius 1 is 1.22 bits per heavy atom. The SMILES string of the molecule is O=S(=O)(Nc1ncc(Br)nc1Br)N1CCCCC1. The minimum absolute atomic E-state index is 0.198. The third-order valence-electron chi connectivity index (χ3n) is 2.58. The highest BCUT2D eigenvalue weighted by Gasteiger charge is 2.25. The Morgan fingerprint density at radius 2 is 1.89 bits per heavy atom. The largest absolute Gasteiger partial charge is 0.302 e. The predicted octanol–water partition coefficient (Wildman–Crippen LogP) is 2.14. The van der Waals surface area contributed by atoms with Gasteiger partial charge in [0.05, 0.1) is 6.20 Å². The van der Waals surface area contributed by atoms with Crippen molar-refractivity contribution in [1.82, 2.24) is 14.3 Å². The smallest absolute Gasteiger partial charge is 0.252 e. The van der Waals surface area contributed by atoms with Crippen molar-refractivity contribution in [3.8, 4) is 0 Å². The van der Waals surface area contributed by atoms with E-state index >= 15 is 0 Å². The van der Waals surface area contributed by atoms with Gasteiger partial charge in [-0.15, -0.1) is 0 Å². The summed E-state index contributed by atoms with van der Waals surface area (Å²) in [5.74, 6) is 0.198. The molecule has 2 heterocycles. The molecule has 0 bridgehead atoms. The van der Waals surface area contributed by atoms with Crippen LogP contribution in [0.25, 0.3) is 0 Å². The lowest BCUT2D eigenvalue weighted by Crippen LogP contribution is -2.39. The summed E-state index contributed by atoms with van der Waals surface area (Å²) in [6, 6.07) is 0. The summed E-state index contributed by atoms with van der Waals surface area (Å²) in [5, 5.41) is 0. The van der Waals surface area contributed by atoms with Gasteiger partial charge in [-0.1, -0.05) is 6.42 Å². The number of piperidine rings is 1. The van der Waals surface area contributed by atoms with Gasteiger partial charge in [-0.2, -0.15) is 12.7 Å². The minimum atomic E-state index is -3.54. The van der Waals surface area contributed by atoms with Crippen LogP contribution in [-0.2, 0) is 10.2 Å². The van der Waals surface area contributed by atoms with E-state index in [1.807, 2.05) is 0 Å². The highest BCUT2D eigenvalue weighted by molar-refractivity contribution is 9.11. The Kier molecular flexibility index (Phi) is 4.57. The molecule has 1 N–H and O–H groups in total. The zero-order valence-corrected chi connectivity index (χ0v) is 13.4. The molecule has 9 heteroatoms. The third kappa shape index (κ3) is 3.40. The fourth-order valence-corrected chi connectivity index (χ4v) is 4.01. The Labute approximate surface area is 123 Å². The van der Waals surface area contributed by atoms with Crippen molar-refractivity contribution >= 4 is 47.9 Å². The van der Waals surface area contributed by atoms with Crippen LogP contribution in [0.1, 0.15) is 19.3 Å². The molecule has 0 aliphatic carbocycles. The van der Waals surface area contributed by atoms with Gasteiger partial charge in [0, 0.05) is 13.1 Å². The lowest BCUT2D eigenvalue weighted by atomic mass is 10.2. The number of aromatic nitrogens is 2. The predicted molar refractivity (Wildman–Crippen MR) is 75.4 cm³/mol. The molecule has 100 valence electrons. The molecule has 1 aliphatic heterocycles. The number of hydrogen-bond acceptors (Lipinski definition) is 4. The Hall–Kier alpha value is -0.250. The monoisotopic (exact) mass is 398 g/mol. The van der Waals surface area contributed by atoms with Crippen LogP contribution in [0.2, 0.25) is 0 Å². The Bertz CT molecular complexity index is 531. The number of halogens is 2. The molecule has 0 atom stereocenters. The molecule has 1 aromatic rings. The molecule has 0 unspecified atom stereocenters. The first-order chi connectivity index (χ1) is 8.49. The quantitative estimate of drug-likeness (QED) is 0.844. The van der Waals surface area contributed by atoms with Gasteiger partial charge in [0.2, 0.25) is 0 Å². The lowest BCUT2D eigenvalue weighted by Gasteiger charge is -2.25. The van der Waals surface area contributed by atoms with Crippen LogP contribution in [0.5, 0.6) is 0 Å². The first-order valence-electron chi connectivity index (χ1n) is 5.45. The highest BCUT2D eigenvalue weighted by Crippen LogP contribution is 2.22. The maximum Gasteiger partial charge on any atom is 0.302 e. The summed E-state index contributed by atoms with van der Waals surface area (Å²) in [5.41, 5.74) is 0. The van der Waals surface area contributed by atoms with Crippen LogP contribution in [0.15, 0.2) is 15.4 Å². The summed E-state index contributed by atoms with van der Waals surface area (Å²) in [7, 11) is -3.54. The summed E-state index contributed by atoms with van der Waals surface area (Å²) in [6.45, 7) is 1.10. The second-order valence-corrected chi connectivity index (χ2v) is 7.13. The zero-order valence-electron chi connectivity index (χ0n) is 9.44. The van der Waals surface area contributed by atoms with Gasteiger partial charge >= 0.3 is 10.2 Å². The van der Waals surface area contributed by atoms with Gasteiger partial charge < -0.3 is 0 Å². The van der Waals surface area contributed by atoms with E-state index in [9.17, 15) is 8.42 Å². The van der Waals surface area contributed by atoms with Crippen LogP contribution in [0.3, 0.4) is 0 Å². The van der Waals surface area contributed by atoms with E-state index < -0.39 is 10.2 Å². The molecule has 0 spiro atoms. The molecule has 0 radical (unpaired) electrons. The summed E-state index contributed by atoms with van der Waals surface area (Å²) in [4.78, 5) is 8.01. The molecule has 1 fully saturated rings. The van der Waals surface area contributed by atoms with Crippen LogP contribution >= 0.6 is 31.9 Å². The van der Waals surface area contributed by atoms with Crippen LogP contribution in [-0.4, -0.2) is 35.8 Å². The summed E-state index contributed by atoms with van der Waals surface area (Å²) >= 11 is 6.34. The molecule has 6 nitrogen and oxygen atoms in total. The van der Waals surface area contributed by atoms with Gasteiger partial charge in [0.1, 0.15) is 4.60 Å². The number of rotatable bonds is 3. The average molecular weight is 400 g/mol. The molecule has 0 amide bonds. The Balaban J connectivity index is 2.16. The van der Waals surface area contributed by atoms with Crippen molar-refractivity contribution < 1.29 is 8.42 Å². The van der Waals surface area contributed by atoms with E-state index in [0.29, 0.717) is 22.3 Å². The van der Waals surface area contributed by atoms with E-state index in [4.69, 9.17) is 0 Å². The molecule has 0 aromatic carbocycles.